The summed E-state index contributed by atoms with van der Waals surface area (Å²) in [5.74, 6) is 1.01. The van der Waals surface area contributed by atoms with Gasteiger partial charge in [-0.2, -0.15) is 0 Å². The topological polar surface area (TPSA) is 6.48 Å². The van der Waals surface area contributed by atoms with Crippen LogP contribution in [0.3, 0.4) is 0 Å². The van der Waals surface area contributed by atoms with Gasteiger partial charge in [0.1, 0.15) is 0 Å². The molecule has 2 saturated heterocycles. The van der Waals surface area contributed by atoms with Crippen molar-refractivity contribution >= 4 is 0 Å². The number of piperidine rings is 1. The van der Waals surface area contributed by atoms with Crippen molar-refractivity contribution in [2.75, 3.05) is 39.8 Å². The van der Waals surface area contributed by atoms with E-state index in [-0.39, 0.29) is 0 Å². The molecule has 2 rings (SSSR count). The Balaban J connectivity index is 1.62. The summed E-state index contributed by atoms with van der Waals surface area (Å²) in [6, 6.07) is 0. The molecule has 0 aliphatic carbocycles. The van der Waals surface area contributed by atoms with E-state index in [0.717, 1.165) is 5.92 Å². The van der Waals surface area contributed by atoms with E-state index in [1.54, 1.807) is 0 Å². The molecule has 2 aliphatic heterocycles. The second-order valence-electron chi connectivity index (χ2n) is 5.79. The predicted molar refractivity (Wildman–Crippen MR) is 69.7 cm³/mol. The Morgan fingerprint density at radius 2 is 1.50 bits per heavy atom. The van der Waals surface area contributed by atoms with Gasteiger partial charge >= 0.3 is 0 Å². The molecule has 94 valence electrons. The monoisotopic (exact) mass is 224 g/mol. The Bertz CT molecular complexity index is 177. The molecular formula is C14H28N2. The van der Waals surface area contributed by atoms with Crippen molar-refractivity contribution in [3.63, 3.8) is 0 Å². The van der Waals surface area contributed by atoms with Gasteiger partial charge < -0.3 is 9.80 Å². The molecule has 0 aromatic rings. The molecule has 2 heteroatoms. The summed E-state index contributed by atoms with van der Waals surface area (Å²) in [5, 5.41) is 0. The van der Waals surface area contributed by atoms with Crippen LogP contribution in [-0.4, -0.2) is 49.6 Å². The molecule has 0 aromatic carbocycles. The molecule has 2 aliphatic rings. The quantitative estimate of drug-likeness (QED) is 0.727. The van der Waals surface area contributed by atoms with Crippen molar-refractivity contribution in [2.45, 2.75) is 44.9 Å². The van der Waals surface area contributed by atoms with Crippen LogP contribution >= 0.6 is 0 Å². The molecule has 0 unspecified atom stereocenters. The second-order valence-corrected chi connectivity index (χ2v) is 5.79. The van der Waals surface area contributed by atoms with Crippen LogP contribution in [0.1, 0.15) is 44.9 Å². The SMILES string of the molecule is CN1CCC(CCN2CCCCCC2)CC1. The van der Waals surface area contributed by atoms with Gasteiger partial charge in [-0.25, -0.2) is 0 Å². The maximum atomic E-state index is 2.71. The van der Waals surface area contributed by atoms with Crippen molar-refractivity contribution in [1.82, 2.24) is 9.80 Å². The van der Waals surface area contributed by atoms with E-state index in [9.17, 15) is 0 Å². The molecule has 16 heavy (non-hydrogen) atoms. The number of rotatable bonds is 3. The molecule has 0 atom stereocenters. The molecule has 0 aromatic heterocycles. The number of nitrogens with zero attached hydrogens (tertiary/aromatic N) is 2. The maximum Gasteiger partial charge on any atom is -0.00161 e. The van der Waals surface area contributed by atoms with Gasteiger partial charge in [-0.1, -0.05) is 12.8 Å². The van der Waals surface area contributed by atoms with Gasteiger partial charge in [0.15, 0.2) is 0 Å². The van der Waals surface area contributed by atoms with Crippen LogP contribution in [0.15, 0.2) is 0 Å². The summed E-state index contributed by atoms with van der Waals surface area (Å²) < 4.78 is 0. The fourth-order valence-corrected chi connectivity index (χ4v) is 3.08. The highest BCUT2D eigenvalue weighted by Gasteiger charge is 2.17. The van der Waals surface area contributed by atoms with Crippen LogP contribution < -0.4 is 0 Å². The summed E-state index contributed by atoms with van der Waals surface area (Å²) in [6.07, 6.45) is 10.1. The molecule has 0 spiro atoms. The van der Waals surface area contributed by atoms with E-state index in [1.165, 1.54) is 77.7 Å². The van der Waals surface area contributed by atoms with E-state index in [1.807, 2.05) is 0 Å². The van der Waals surface area contributed by atoms with E-state index >= 15 is 0 Å². The highest BCUT2D eigenvalue weighted by Crippen LogP contribution is 2.20. The Morgan fingerprint density at radius 1 is 0.875 bits per heavy atom. The average Bonchev–Trinajstić information content (AvgIpc) is 2.57. The van der Waals surface area contributed by atoms with Crippen LogP contribution in [0.2, 0.25) is 0 Å². The fourth-order valence-electron chi connectivity index (χ4n) is 3.08. The van der Waals surface area contributed by atoms with Crippen molar-refractivity contribution in [1.29, 1.82) is 0 Å². The van der Waals surface area contributed by atoms with Gasteiger partial charge in [0.25, 0.3) is 0 Å². The van der Waals surface area contributed by atoms with Gasteiger partial charge in [0.2, 0.25) is 0 Å². The third-order valence-corrected chi connectivity index (χ3v) is 4.39. The summed E-state index contributed by atoms with van der Waals surface area (Å²) in [7, 11) is 2.25. The van der Waals surface area contributed by atoms with Crippen LogP contribution in [0.4, 0.5) is 0 Å². The zero-order chi connectivity index (χ0) is 11.2. The number of hydrogen-bond donors (Lipinski definition) is 0. The normalized spacial score (nSPS) is 26.8. The van der Waals surface area contributed by atoms with Crippen LogP contribution in [0.5, 0.6) is 0 Å². The standard InChI is InChI=1S/C14H28N2/c1-15-11-6-14(7-12-15)8-13-16-9-4-2-3-5-10-16/h14H,2-13H2,1H3. The Labute approximate surface area is 101 Å². The highest BCUT2D eigenvalue weighted by atomic mass is 15.1. The minimum absolute atomic E-state index is 1.01. The van der Waals surface area contributed by atoms with Crippen molar-refractivity contribution in [3.8, 4) is 0 Å². The Kier molecular flexibility index (Phi) is 5.11. The highest BCUT2D eigenvalue weighted by molar-refractivity contribution is 4.72. The summed E-state index contributed by atoms with van der Waals surface area (Å²) in [5.41, 5.74) is 0. The average molecular weight is 224 g/mol. The van der Waals surface area contributed by atoms with Crippen LogP contribution in [-0.2, 0) is 0 Å². The fraction of sp³-hybridized carbons (Fsp3) is 1.00. The number of likely N-dealkylation sites (tertiary alicyclic amines) is 2. The Morgan fingerprint density at radius 3 is 2.12 bits per heavy atom. The van der Waals surface area contributed by atoms with E-state index < -0.39 is 0 Å². The summed E-state index contributed by atoms with van der Waals surface area (Å²) in [6.45, 7) is 6.75. The van der Waals surface area contributed by atoms with Gasteiger partial charge in [0.05, 0.1) is 0 Å². The number of hydrogen-bond acceptors (Lipinski definition) is 2. The lowest BCUT2D eigenvalue weighted by atomic mass is 9.93. The third kappa shape index (κ3) is 4.06. The van der Waals surface area contributed by atoms with E-state index in [4.69, 9.17) is 0 Å². The minimum Gasteiger partial charge on any atom is -0.306 e. The second kappa shape index (κ2) is 6.61. The molecule has 2 nitrogen and oxygen atoms in total. The van der Waals surface area contributed by atoms with Gasteiger partial charge in [-0.3, -0.25) is 0 Å². The van der Waals surface area contributed by atoms with E-state index in [0.29, 0.717) is 0 Å². The van der Waals surface area contributed by atoms with Crippen molar-refractivity contribution < 1.29 is 0 Å². The zero-order valence-electron chi connectivity index (χ0n) is 11.0. The first-order chi connectivity index (χ1) is 7.84. The molecule has 0 amide bonds. The summed E-state index contributed by atoms with van der Waals surface area (Å²) >= 11 is 0. The van der Waals surface area contributed by atoms with Gasteiger partial charge in [0, 0.05) is 0 Å². The van der Waals surface area contributed by atoms with E-state index in [2.05, 4.69) is 16.8 Å². The smallest absolute Gasteiger partial charge is 0.00161 e. The van der Waals surface area contributed by atoms with Gasteiger partial charge in [-0.05, 0) is 77.8 Å². The van der Waals surface area contributed by atoms with Crippen LogP contribution in [0.25, 0.3) is 0 Å². The first-order valence-corrected chi connectivity index (χ1v) is 7.25. The lowest BCUT2D eigenvalue weighted by molar-refractivity contribution is 0.188. The summed E-state index contributed by atoms with van der Waals surface area (Å²) in [4.78, 5) is 5.19. The van der Waals surface area contributed by atoms with Gasteiger partial charge in [-0.15, -0.1) is 0 Å². The molecule has 0 saturated carbocycles. The minimum atomic E-state index is 1.01. The molecule has 2 heterocycles. The largest absolute Gasteiger partial charge is 0.306 e. The van der Waals surface area contributed by atoms with Crippen LogP contribution in [0, 0.1) is 5.92 Å². The predicted octanol–water partition coefficient (Wildman–Crippen LogP) is 2.59. The molecule has 0 bridgehead atoms. The first kappa shape index (κ1) is 12.4. The van der Waals surface area contributed by atoms with Crippen molar-refractivity contribution in [2.24, 2.45) is 5.92 Å². The lowest BCUT2D eigenvalue weighted by Crippen LogP contribution is -2.33. The Hall–Kier alpha value is -0.0800. The molecule has 0 N–H and O–H groups in total. The lowest BCUT2D eigenvalue weighted by Gasteiger charge is -2.30. The first-order valence-electron chi connectivity index (χ1n) is 7.25. The molecular weight excluding hydrogens is 196 g/mol. The van der Waals surface area contributed by atoms with Crippen molar-refractivity contribution in [3.05, 3.63) is 0 Å². The molecule has 2 fully saturated rings. The molecule has 0 radical (unpaired) electrons. The third-order valence-electron chi connectivity index (χ3n) is 4.39. The zero-order valence-corrected chi connectivity index (χ0v) is 11.0. The maximum absolute atomic E-state index is 2.71.